The molecule has 1 N–H and O–H groups in total. The van der Waals surface area contributed by atoms with Crippen molar-refractivity contribution in [2.45, 2.75) is 6.92 Å². The van der Waals surface area contributed by atoms with Gasteiger partial charge in [0.15, 0.2) is 0 Å². The van der Waals surface area contributed by atoms with Crippen LogP contribution in [-0.2, 0) is 9.53 Å². The quantitative estimate of drug-likeness (QED) is 0.615. The maximum atomic E-state index is 9.18. The number of nitrogens with zero attached hydrogens (tertiary/aromatic N) is 1. The fraction of sp³-hybridized carbons (Fsp3) is 0.333. The third kappa shape index (κ3) is 6.68. The molecule has 10 heavy (non-hydrogen) atoms. The van der Waals surface area contributed by atoms with E-state index in [-0.39, 0.29) is 0 Å². The number of ether oxygens (including phenoxy) is 1. The molecule has 0 spiro atoms. The van der Waals surface area contributed by atoms with Crippen molar-refractivity contribution < 1.29 is 9.53 Å². The zero-order valence-corrected chi connectivity index (χ0v) is 5.78. The molecule has 0 fully saturated rings. The molecule has 0 aromatic carbocycles. The Kier molecular flexibility index (Phi) is 6.67. The average Bonchev–Trinajstić information content (AvgIpc) is 2.44. The monoisotopic (exact) mass is 142 g/mol. The Morgan fingerprint density at radius 2 is 2.60 bits per heavy atom. The molecular weight excluding hydrogens is 132 g/mol. The average molecular weight is 142 g/mol. The highest BCUT2D eigenvalue weighted by Crippen LogP contribution is 1.64. The van der Waals surface area contributed by atoms with Crippen LogP contribution < -0.4 is 0 Å². The van der Waals surface area contributed by atoms with Gasteiger partial charge >= 0.3 is 0 Å². The van der Waals surface area contributed by atoms with Gasteiger partial charge in [-0.15, -0.1) is 0 Å². The minimum absolute atomic E-state index is 0.431. The predicted molar refractivity (Wildman–Crippen MR) is 36.3 cm³/mol. The highest BCUT2D eigenvalue weighted by molar-refractivity contribution is 5.36. The molecule has 0 bridgehead atoms. The maximum absolute atomic E-state index is 9.18. The van der Waals surface area contributed by atoms with Crippen LogP contribution in [0.15, 0.2) is 18.5 Å². The van der Waals surface area contributed by atoms with Crippen molar-refractivity contribution in [3.05, 3.63) is 18.5 Å². The van der Waals surface area contributed by atoms with Gasteiger partial charge in [-0.3, -0.25) is 9.89 Å². The first-order valence-corrected chi connectivity index (χ1v) is 2.90. The van der Waals surface area contributed by atoms with Gasteiger partial charge in [-0.05, 0) is 13.0 Å². The molecule has 0 radical (unpaired) electrons. The first-order chi connectivity index (χ1) is 4.91. The van der Waals surface area contributed by atoms with Crippen molar-refractivity contribution in [2.24, 2.45) is 0 Å². The van der Waals surface area contributed by atoms with E-state index in [1.807, 2.05) is 6.07 Å². The van der Waals surface area contributed by atoms with Gasteiger partial charge in [-0.25, -0.2) is 0 Å². The lowest BCUT2D eigenvalue weighted by molar-refractivity contribution is -0.128. The summed E-state index contributed by atoms with van der Waals surface area (Å²) in [6.07, 6.45) is 3.46. The molecule has 1 aromatic heterocycles. The molecule has 4 nitrogen and oxygen atoms in total. The number of nitrogens with one attached hydrogen (secondary N) is 1. The van der Waals surface area contributed by atoms with Gasteiger partial charge in [0.05, 0.1) is 6.61 Å². The molecule has 0 aliphatic carbocycles. The Labute approximate surface area is 59.2 Å². The van der Waals surface area contributed by atoms with Crippen molar-refractivity contribution in [3.63, 3.8) is 0 Å². The van der Waals surface area contributed by atoms with E-state index >= 15 is 0 Å². The second-order valence-electron chi connectivity index (χ2n) is 1.32. The number of hydrogen-bond acceptors (Lipinski definition) is 3. The predicted octanol–water partition coefficient (Wildman–Crippen LogP) is 0.589. The summed E-state index contributed by atoms with van der Waals surface area (Å²) in [5.74, 6) is 0. The normalized spacial score (nSPS) is 7.30. The van der Waals surface area contributed by atoms with Crippen molar-refractivity contribution in [1.29, 1.82) is 0 Å². The Morgan fingerprint density at radius 3 is 2.70 bits per heavy atom. The third-order valence-corrected chi connectivity index (χ3v) is 0.641. The molecule has 56 valence electrons. The molecular formula is C6H10N2O2. The molecule has 1 heterocycles. The molecule has 0 saturated carbocycles. The number of aromatic amines is 1. The minimum Gasteiger partial charge on any atom is -0.468 e. The second kappa shape index (κ2) is 7.68. The number of carbonyl (C=O) groups is 1. The molecule has 0 aliphatic heterocycles. The van der Waals surface area contributed by atoms with Gasteiger partial charge in [-0.1, -0.05) is 0 Å². The van der Waals surface area contributed by atoms with E-state index in [0.29, 0.717) is 13.1 Å². The van der Waals surface area contributed by atoms with E-state index in [2.05, 4.69) is 14.9 Å². The third-order valence-electron chi connectivity index (χ3n) is 0.641. The van der Waals surface area contributed by atoms with Crippen LogP contribution in [0.2, 0.25) is 0 Å². The first kappa shape index (κ1) is 8.68. The van der Waals surface area contributed by atoms with E-state index in [4.69, 9.17) is 0 Å². The SMILES string of the molecule is CCOC=O.c1cn[nH]c1. The van der Waals surface area contributed by atoms with Crippen molar-refractivity contribution in [3.8, 4) is 0 Å². The minimum atomic E-state index is 0.431. The number of carbonyl (C=O) groups excluding carboxylic acids is 1. The summed E-state index contributed by atoms with van der Waals surface area (Å²) >= 11 is 0. The number of aromatic nitrogens is 2. The van der Waals surface area contributed by atoms with E-state index in [0.717, 1.165) is 0 Å². The summed E-state index contributed by atoms with van der Waals surface area (Å²) in [4.78, 5) is 9.18. The largest absolute Gasteiger partial charge is 0.468 e. The van der Waals surface area contributed by atoms with Gasteiger partial charge in [0, 0.05) is 12.4 Å². The molecule has 0 unspecified atom stereocenters. The van der Waals surface area contributed by atoms with Gasteiger partial charge in [0.1, 0.15) is 0 Å². The molecule has 0 aliphatic rings. The number of hydrogen-bond donors (Lipinski definition) is 1. The topological polar surface area (TPSA) is 55.0 Å². The molecule has 0 saturated heterocycles. The fourth-order valence-corrected chi connectivity index (χ4v) is 0.283. The Morgan fingerprint density at radius 1 is 1.80 bits per heavy atom. The number of H-pyrrole nitrogens is 1. The van der Waals surface area contributed by atoms with Crippen molar-refractivity contribution in [2.75, 3.05) is 6.61 Å². The van der Waals surface area contributed by atoms with Gasteiger partial charge in [0.25, 0.3) is 6.47 Å². The molecule has 0 atom stereocenters. The standard InChI is InChI=1S/C3H4N2.C3H6O2/c1-2-4-5-3-1;1-2-5-3-4/h1-3H,(H,4,5);3H,2H2,1H3. The van der Waals surface area contributed by atoms with E-state index in [1.54, 1.807) is 19.3 Å². The summed E-state index contributed by atoms with van der Waals surface area (Å²) in [6.45, 7) is 2.66. The van der Waals surface area contributed by atoms with Crippen LogP contribution in [0, 0.1) is 0 Å². The van der Waals surface area contributed by atoms with Crippen LogP contribution in [0.5, 0.6) is 0 Å². The van der Waals surface area contributed by atoms with Gasteiger partial charge in [-0.2, -0.15) is 5.10 Å². The van der Waals surface area contributed by atoms with Gasteiger partial charge < -0.3 is 4.74 Å². The Hall–Kier alpha value is -1.32. The van der Waals surface area contributed by atoms with Crippen molar-refractivity contribution in [1.82, 2.24) is 10.2 Å². The first-order valence-electron chi connectivity index (χ1n) is 2.90. The van der Waals surface area contributed by atoms with E-state index in [1.165, 1.54) is 0 Å². The van der Waals surface area contributed by atoms with E-state index in [9.17, 15) is 4.79 Å². The lowest BCUT2D eigenvalue weighted by Gasteiger charge is -1.79. The van der Waals surface area contributed by atoms with Crippen molar-refractivity contribution >= 4 is 6.47 Å². The molecule has 1 aromatic rings. The lowest BCUT2D eigenvalue weighted by Crippen LogP contribution is -1.80. The Bertz CT molecular complexity index is 122. The second-order valence-corrected chi connectivity index (χ2v) is 1.32. The zero-order chi connectivity index (χ0) is 7.66. The van der Waals surface area contributed by atoms with Gasteiger partial charge in [0.2, 0.25) is 0 Å². The zero-order valence-electron chi connectivity index (χ0n) is 5.78. The molecule has 0 amide bonds. The maximum Gasteiger partial charge on any atom is 0.293 e. The van der Waals surface area contributed by atoms with Crippen LogP contribution in [0.25, 0.3) is 0 Å². The van der Waals surface area contributed by atoms with Crippen LogP contribution >= 0.6 is 0 Å². The highest BCUT2D eigenvalue weighted by Gasteiger charge is 1.60. The summed E-state index contributed by atoms with van der Waals surface area (Å²) in [5.41, 5.74) is 0. The fourth-order valence-electron chi connectivity index (χ4n) is 0.283. The van der Waals surface area contributed by atoms with E-state index < -0.39 is 0 Å². The Balaban J connectivity index is 0.000000162. The smallest absolute Gasteiger partial charge is 0.293 e. The van der Waals surface area contributed by atoms with Crippen LogP contribution in [0.3, 0.4) is 0 Å². The van der Waals surface area contributed by atoms with Crippen LogP contribution in [0.1, 0.15) is 6.92 Å². The summed E-state index contributed by atoms with van der Waals surface area (Å²) < 4.78 is 4.15. The van der Waals surface area contributed by atoms with Crippen LogP contribution in [-0.4, -0.2) is 23.3 Å². The molecule has 4 heteroatoms. The molecule has 1 rings (SSSR count). The van der Waals surface area contributed by atoms with Crippen LogP contribution in [0.4, 0.5) is 0 Å². The number of rotatable bonds is 2. The summed E-state index contributed by atoms with van der Waals surface area (Å²) in [6, 6.07) is 1.83. The summed E-state index contributed by atoms with van der Waals surface area (Å²) in [5, 5.41) is 6.21. The highest BCUT2D eigenvalue weighted by atomic mass is 16.5. The summed E-state index contributed by atoms with van der Waals surface area (Å²) in [7, 11) is 0. The lowest BCUT2D eigenvalue weighted by atomic mass is 10.8.